The number of rotatable bonds is 4. The van der Waals surface area contributed by atoms with E-state index in [9.17, 15) is 4.79 Å². The highest BCUT2D eigenvalue weighted by molar-refractivity contribution is 5.95. The Morgan fingerprint density at radius 2 is 1.72 bits per heavy atom. The summed E-state index contributed by atoms with van der Waals surface area (Å²) in [4.78, 5) is 19.9. The Morgan fingerprint density at radius 3 is 2.41 bits per heavy atom. The highest BCUT2D eigenvalue weighted by Gasteiger charge is 2.24. The number of carbonyl (C=O) groups excluding carboxylic acids is 1. The van der Waals surface area contributed by atoms with E-state index < -0.39 is 0 Å². The van der Waals surface area contributed by atoms with E-state index in [1.165, 1.54) is 0 Å². The Bertz CT molecular complexity index is 1260. The van der Waals surface area contributed by atoms with Crippen molar-refractivity contribution in [1.29, 1.82) is 0 Å². The first-order valence-corrected chi connectivity index (χ1v) is 10.6. The Kier molecular flexibility index (Phi) is 5.33. The molecule has 1 saturated heterocycles. The summed E-state index contributed by atoms with van der Waals surface area (Å²) in [5.41, 5.74) is 5.60. The summed E-state index contributed by atoms with van der Waals surface area (Å²) in [7, 11) is 1.64. The van der Waals surface area contributed by atoms with E-state index in [1.54, 1.807) is 12.0 Å². The van der Waals surface area contributed by atoms with Crippen LogP contribution in [-0.2, 0) is 4.74 Å². The molecule has 2 aromatic heterocycles. The quantitative estimate of drug-likeness (QED) is 0.494. The lowest BCUT2D eigenvalue weighted by Gasteiger charge is -2.26. The van der Waals surface area contributed by atoms with E-state index in [2.05, 4.69) is 0 Å². The SMILES string of the molecule is COc1ccc(-c2cc(C(=O)N3CCOCC3)nc3c(-c4ccccc4)c(C)nn23)cc1. The van der Waals surface area contributed by atoms with Crippen LogP contribution in [0.25, 0.3) is 28.0 Å². The third-order valence-corrected chi connectivity index (χ3v) is 5.73. The zero-order valence-electron chi connectivity index (χ0n) is 18.1. The van der Waals surface area contributed by atoms with Gasteiger partial charge in [-0.3, -0.25) is 4.79 Å². The molecular formula is C25H24N4O3. The second-order valence-corrected chi connectivity index (χ2v) is 7.72. The molecule has 2 aromatic carbocycles. The molecule has 5 rings (SSSR count). The summed E-state index contributed by atoms with van der Waals surface area (Å²) in [6, 6.07) is 19.6. The van der Waals surface area contributed by atoms with Crippen LogP contribution in [0, 0.1) is 6.92 Å². The second kappa shape index (κ2) is 8.43. The van der Waals surface area contributed by atoms with Gasteiger partial charge in [-0.1, -0.05) is 30.3 Å². The minimum absolute atomic E-state index is 0.0940. The maximum Gasteiger partial charge on any atom is 0.272 e. The van der Waals surface area contributed by atoms with Gasteiger partial charge in [0.05, 0.1) is 31.7 Å². The number of hydrogen-bond acceptors (Lipinski definition) is 5. The van der Waals surface area contributed by atoms with Crippen LogP contribution in [0.5, 0.6) is 5.75 Å². The Hall–Kier alpha value is -3.71. The van der Waals surface area contributed by atoms with Crippen molar-refractivity contribution in [3.63, 3.8) is 0 Å². The van der Waals surface area contributed by atoms with Crippen molar-refractivity contribution in [3.05, 3.63) is 72.1 Å². The lowest BCUT2D eigenvalue weighted by Crippen LogP contribution is -2.41. The van der Waals surface area contributed by atoms with E-state index in [0.29, 0.717) is 37.6 Å². The molecule has 1 fully saturated rings. The molecule has 0 spiro atoms. The molecule has 0 saturated carbocycles. The van der Waals surface area contributed by atoms with Crippen LogP contribution in [0.4, 0.5) is 0 Å². The van der Waals surface area contributed by atoms with Crippen molar-refractivity contribution >= 4 is 11.6 Å². The molecular weight excluding hydrogens is 404 g/mol. The van der Waals surface area contributed by atoms with Crippen LogP contribution in [0.15, 0.2) is 60.7 Å². The fraction of sp³-hybridized carbons (Fsp3) is 0.240. The van der Waals surface area contributed by atoms with Crippen molar-refractivity contribution in [2.24, 2.45) is 0 Å². The van der Waals surface area contributed by atoms with Crippen molar-refractivity contribution in [1.82, 2.24) is 19.5 Å². The number of methoxy groups -OCH3 is 1. The molecule has 0 aliphatic carbocycles. The van der Waals surface area contributed by atoms with Crippen molar-refractivity contribution < 1.29 is 14.3 Å². The summed E-state index contributed by atoms with van der Waals surface area (Å²) in [6.45, 7) is 4.18. The van der Waals surface area contributed by atoms with Crippen molar-refractivity contribution in [3.8, 4) is 28.1 Å². The zero-order valence-corrected chi connectivity index (χ0v) is 18.1. The number of fused-ring (bicyclic) bond motifs is 1. The Labute approximate surface area is 186 Å². The fourth-order valence-corrected chi connectivity index (χ4v) is 4.07. The van der Waals surface area contributed by atoms with Gasteiger partial charge in [-0.2, -0.15) is 5.10 Å². The number of benzene rings is 2. The number of morpholine rings is 1. The average molecular weight is 428 g/mol. The highest BCUT2D eigenvalue weighted by atomic mass is 16.5. The molecule has 1 aliphatic rings. The van der Waals surface area contributed by atoms with Gasteiger partial charge >= 0.3 is 0 Å². The summed E-state index contributed by atoms with van der Waals surface area (Å²) >= 11 is 0. The summed E-state index contributed by atoms with van der Waals surface area (Å²) in [5.74, 6) is 0.675. The predicted octanol–water partition coefficient (Wildman–Crippen LogP) is 3.85. The normalized spacial score (nSPS) is 14.0. The van der Waals surface area contributed by atoms with Gasteiger partial charge in [0, 0.05) is 24.2 Å². The third kappa shape index (κ3) is 3.61. The van der Waals surface area contributed by atoms with Gasteiger partial charge in [-0.25, -0.2) is 9.50 Å². The largest absolute Gasteiger partial charge is 0.497 e. The van der Waals surface area contributed by atoms with E-state index in [1.807, 2.05) is 72.1 Å². The first-order valence-electron chi connectivity index (χ1n) is 10.6. The van der Waals surface area contributed by atoms with Gasteiger partial charge in [0.1, 0.15) is 11.4 Å². The van der Waals surface area contributed by atoms with Gasteiger partial charge in [-0.05, 0) is 42.8 Å². The molecule has 4 aromatic rings. The molecule has 0 bridgehead atoms. The summed E-state index contributed by atoms with van der Waals surface area (Å²) < 4.78 is 12.5. The third-order valence-electron chi connectivity index (χ3n) is 5.73. The van der Waals surface area contributed by atoms with Gasteiger partial charge in [0.25, 0.3) is 5.91 Å². The molecule has 0 N–H and O–H groups in total. The van der Waals surface area contributed by atoms with E-state index >= 15 is 0 Å². The van der Waals surface area contributed by atoms with E-state index in [4.69, 9.17) is 19.6 Å². The first-order chi connectivity index (χ1) is 15.7. The lowest BCUT2D eigenvalue weighted by atomic mass is 10.1. The molecule has 32 heavy (non-hydrogen) atoms. The van der Waals surface area contributed by atoms with Gasteiger partial charge in [0.15, 0.2) is 5.65 Å². The zero-order chi connectivity index (χ0) is 22.1. The fourth-order valence-electron chi connectivity index (χ4n) is 4.07. The average Bonchev–Trinajstić information content (AvgIpc) is 3.19. The van der Waals surface area contributed by atoms with Crippen molar-refractivity contribution in [2.75, 3.05) is 33.4 Å². The molecule has 0 unspecified atom stereocenters. The van der Waals surface area contributed by atoms with Crippen molar-refractivity contribution in [2.45, 2.75) is 6.92 Å². The molecule has 0 radical (unpaired) electrons. The second-order valence-electron chi connectivity index (χ2n) is 7.72. The number of aromatic nitrogens is 3. The van der Waals surface area contributed by atoms with Crippen LogP contribution in [0.1, 0.15) is 16.2 Å². The molecule has 7 nitrogen and oxygen atoms in total. The minimum atomic E-state index is -0.0940. The highest BCUT2D eigenvalue weighted by Crippen LogP contribution is 2.31. The smallest absolute Gasteiger partial charge is 0.272 e. The number of hydrogen-bond donors (Lipinski definition) is 0. The van der Waals surface area contributed by atoms with Gasteiger partial charge < -0.3 is 14.4 Å². The van der Waals surface area contributed by atoms with Crippen LogP contribution >= 0.6 is 0 Å². The Balaban J connectivity index is 1.72. The van der Waals surface area contributed by atoms with E-state index in [-0.39, 0.29) is 5.91 Å². The number of nitrogens with zero attached hydrogens (tertiary/aromatic N) is 4. The topological polar surface area (TPSA) is 69.0 Å². The van der Waals surface area contributed by atoms with E-state index in [0.717, 1.165) is 33.8 Å². The number of ether oxygens (including phenoxy) is 2. The number of aryl methyl sites for hydroxylation is 1. The van der Waals surface area contributed by atoms with Crippen LogP contribution in [0.3, 0.4) is 0 Å². The van der Waals surface area contributed by atoms with Crippen LogP contribution < -0.4 is 4.74 Å². The lowest BCUT2D eigenvalue weighted by molar-refractivity contribution is 0.0299. The molecule has 1 aliphatic heterocycles. The molecule has 7 heteroatoms. The van der Waals surface area contributed by atoms with Gasteiger partial charge in [0.2, 0.25) is 0 Å². The maximum atomic E-state index is 13.3. The molecule has 1 amide bonds. The molecule has 0 atom stereocenters. The van der Waals surface area contributed by atoms with Gasteiger partial charge in [-0.15, -0.1) is 0 Å². The molecule has 3 heterocycles. The summed E-state index contributed by atoms with van der Waals surface area (Å²) in [5, 5.41) is 4.80. The predicted molar refractivity (Wildman–Crippen MR) is 122 cm³/mol. The number of carbonyl (C=O) groups is 1. The standard InChI is InChI=1S/C25H24N4O3/c1-17-23(19-6-4-3-5-7-19)24-26-21(25(30)28-12-14-32-15-13-28)16-22(29(24)27-17)18-8-10-20(31-2)11-9-18/h3-11,16H,12-15H2,1-2H3. The maximum absolute atomic E-state index is 13.3. The van der Waals surface area contributed by atoms with Crippen LogP contribution in [-0.4, -0.2) is 58.8 Å². The first kappa shape index (κ1) is 20.2. The van der Waals surface area contributed by atoms with Crippen LogP contribution in [0.2, 0.25) is 0 Å². The molecule has 162 valence electrons. The monoisotopic (exact) mass is 428 g/mol. The number of amides is 1. The summed E-state index contributed by atoms with van der Waals surface area (Å²) in [6.07, 6.45) is 0. The minimum Gasteiger partial charge on any atom is -0.497 e. The Morgan fingerprint density at radius 1 is 1.00 bits per heavy atom.